The molecule has 4 nitrogen and oxygen atoms in total. The van der Waals surface area contributed by atoms with E-state index in [1.54, 1.807) is 0 Å². The van der Waals surface area contributed by atoms with E-state index in [2.05, 4.69) is 32.7 Å². The Morgan fingerprint density at radius 1 is 1.63 bits per heavy atom. The van der Waals surface area contributed by atoms with Crippen LogP contribution in [0, 0.1) is 0 Å². The number of carbonyl (C=O) groups excluding carboxylic acids is 1. The molecule has 0 aliphatic heterocycles. The number of halogens is 1. The van der Waals surface area contributed by atoms with Crippen LogP contribution in [0.2, 0.25) is 0 Å². The number of amides is 1. The summed E-state index contributed by atoms with van der Waals surface area (Å²) in [5.74, 6) is -0.0100. The molecule has 1 heterocycles. The van der Waals surface area contributed by atoms with Crippen LogP contribution in [0.25, 0.3) is 0 Å². The van der Waals surface area contributed by atoms with E-state index in [1.165, 1.54) is 0 Å². The Kier molecular flexibility index (Phi) is 5.05. The molecular formula is C14H22BrN3O. The summed E-state index contributed by atoms with van der Waals surface area (Å²) >= 11 is 3.45. The van der Waals surface area contributed by atoms with E-state index < -0.39 is 0 Å². The molecule has 1 unspecified atom stereocenters. The SMILES string of the molecule is CCCCC(CN)NC(=O)c1cc(Br)cn1C1CC1. The first kappa shape index (κ1) is 14.6. The highest BCUT2D eigenvalue weighted by atomic mass is 79.9. The third-order valence-electron chi connectivity index (χ3n) is 3.51. The average Bonchev–Trinajstić information content (AvgIpc) is 3.17. The molecule has 1 fully saturated rings. The van der Waals surface area contributed by atoms with Crippen LogP contribution >= 0.6 is 15.9 Å². The van der Waals surface area contributed by atoms with Crippen molar-refractivity contribution in [3.05, 3.63) is 22.4 Å². The lowest BCUT2D eigenvalue weighted by atomic mass is 10.1. The molecule has 1 aliphatic carbocycles. The molecule has 3 N–H and O–H groups in total. The van der Waals surface area contributed by atoms with Gasteiger partial charge in [0.15, 0.2) is 0 Å². The van der Waals surface area contributed by atoms with Gasteiger partial charge in [0.2, 0.25) is 0 Å². The maximum Gasteiger partial charge on any atom is 0.268 e. The van der Waals surface area contributed by atoms with Gasteiger partial charge in [-0.1, -0.05) is 19.8 Å². The van der Waals surface area contributed by atoms with E-state index >= 15 is 0 Å². The maximum absolute atomic E-state index is 12.3. The van der Waals surface area contributed by atoms with Gasteiger partial charge in [0, 0.05) is 29.3 Å². The number of aromatic nitrogens is 1. The van der Waals surface area contributed by atoms with Crippen LogP contribution in [0.15, 0.2) is 16.7 Å². The number of nitrogens with two attached hydrogens (primary N) is 1. The van der Waals surface area contributed by atoms with Crippen molar-refractivity contribution in [3.8, 4) is 0 Å². The van der Waals surface area contributed by atoms with E-state index in [0.717, 1.165) is 42.3 Å². The minimum atomic E-state index is -0.0100. The zero-order chi connectivity index (χ0) is 13.8. The molecule has 0 radical (unpaired) electrons. The zero-order valence-corrected chi connectivity index (χ0v) is 12.9. The number of nitrogens with zero attached hydrogens (tertiary/aromatic N) is 1. The van der Waals surface area contributed by atoms with Crippen LogP contribution < -0.4 is 11.1 Å². The van der Waals surface area contributed by atoms with Gasteiger partial charge < -0.3 is 15.6 Å². The van der Waals surface area contributed by atoms with E-state index in [9.17, 15) is 4.79 Å². The summed E-state index contributed by atoms with van der Waals surface area (Å²) in [4.78, 5) is 12.3. The third-order valence-corrected chi connectivity index (χ3v) is 3.95. The topological polar surface area (TPSA) is 60.0 Å². The first-order chi connectivity index (χ1) is 9.15. The van der Waals surface area contributed by atoms with Gasteiger partial charge in [0.25, 0.3) is 5.91 Å². The molecule has 0 saturated heterocycles. The quantitative estimate of drug-likeness (QED) is 0.808. The number of carbonyl (C=O) groups is 1. The molecule has 2 rings (SSSR count). The number of rotatable bonds is 7. The highest BCUT2D eigenvalue weighted by Crippen LogP contribution is 2.37. The molecule has 19 heavy (non-hydrogen) atoms. The summed E-state index contributed by atoms with van der Waals surface area (Å²) in [6, 6.07) is 2.47. The van der Waals surface area contributed by atoms with Crippen molar-refractivity contribution >= 4 is 21.8 Å². The van der Waals surface area contributed by atoms with Crippen LogP contribution in [-0.2, 0) is 0 Å². The van der Waals surface area contributed by atoms with Crippen molar-refractivity contribution in [1.82, 2.24) is 9.88 Å². The van der Waals surface area contributed by atoms with Crippen molar-refractivity contribution < 1.29 is 4.79 Å². The number of hydrogen-bond acceptors (Lipinski definition) is 2. The van der Waals surface area contributed by atoms with Crippen LogP contribution in [0.3, 0.4) is 0 Å². The van der Waals surface area contributed by atoms with Gasteiger partial charge in [-0.05, 0) is 41.3 Å². The molecule has 1 atom stereocenters. The second kappa shape index (κ2) is 6.57. The van der Waals surface area contributed by atoms with Gasteiger partial charge in [0.05, 0.1) is 0 Å². The second-order valence-corrected chi connectivity index (χ2v) is 6.15. The van der Waals surface area contributed by atoms with Crippen LogP contribution in [0.5, 0.6) is 0 Å². The lowest BCUT2D eigenvalue weighted by molar-refractivity contribution is 0.0926. The molecule has 0 aromatic carbocycles. The second-order valence-electron chi connectivity index (χ2n) is 5.23. The van der Waals surface area contributed by atoms with Gasteiger partial charge in [0.1, 0.15) is 5.69 Å². The Balaban J connectivity index is 2.02. The fraction of sp³-hybridized carbons (Fsp3) is 0.643. The average molecular weight is 328 g/mol. The highest BCUT2D eigenvalue weighted by molar-refractivity contribution is 9.10. The normalized spacial score (nSPS) is 16.4. The van der Waals surface area contributed by atoms with E-state index in [4.69, 9.17) is 5.73 Å². The summed E-state index contributed by atoms with van der Waals surface area (Å²) in [6.45, 7) is 2.64. The lowest BCUT2D eigenvalue weighted by Crippen LogP contribution is -2.40. The molecule has 0 bridgehead atoms. The predicted octanol–water partition coefficient (Wildman–Crippen LogP) is 2.83. The Hall–Kier alpha value is -0.810. The third kappa shape index (κ3) is 3.83. The number of hydrogen-bond donors (Lipinski definition) is 2. The molecule has 1 saturated carbocycles. The van der Waals surface area contributed by atoms with Crippen molar-refractivity contribution in [3.63, 3.8) is 0 Å². The number of unbranched alkanes of at least 4 members (excludes halogenated alkanes) is 1. The largest absolute Gasteiger partial charge is 0.347 e. The van der Waals surface area contributed by atoms with E-state index in [0.29, 0.717) is 12.6 Å². The molecule has 1 aliphatic rings. The zero-order valence-electron chi connectivity index (χ0n) is 11.4. The summed E-state index contributed by atoms with van der Waals surface area (Å²) in [6.07, 6.45) is 7.49. The van der Waals surface area contributed by atoms with Gasteiger partial charge in [-0.25, -0.2) is 0 Å². The minimum Gasteiger partial charge on any atom is -0.347 e. The number of nitrogens with one attached hydrogen (secondary N) is 1. The smallest absolute Gasteiger partial charge is 0.268 e. The van der Waals surface area contributed by atoms with Crippen molar-refractivity contribution in [1.29, 1.82) is 0 Å². The molecular weight excluding hydrogens is 306 g/mol. The fourth-order valence-electron chi connectivity index (χ4n) is 2.24. The maximum atomic E-state index is 12.3. The van der Waals surface area contributed by atoms with Gasteiger partial charge in [-0.15, -0.1) is 0 Å². The summed E-state index contributed by atoms with van der Waals surface area (Å²) in [5.41, 5.74) is 6.46. The van der Waals surface area contributed by atoms with Crippen LogP contribution in [0.4, 0.5) is 0 Å². The summed E-state index contributed by atoms with van der Waals surface area (Å²) < 4.78 is 3.04. The molecule has 1 aromatic heterocycles. The highest BCUT2D eigenvalue weighted by Gasteiger charge is 2.28. The van der Waals surface area contributed by atoms with Gasteiger partial charge in [-0.2, -0.15) is 0 Å². The Morgan fingerprint density at radius 2 is 2.37 bits per heavy atom. The Bertz CT molecular complexity index is 440. The van der Waals surface area contributed by atoms with Crippen LogP contribution in [-0.4, -0.2) is 23.1 Å². The first-order valence-corrected chi connectivity index (χ1v) is 7.83. The fourth-order valence-corrected chi connectivity index (χ4v) is 2.68. The Labute approximate surface area is 122 Å². The molecule has 0 spiro atoms. The molecule has 1 amide bonds. The molecule has 5 heteroatoms. The predicted molar refractivity (Wildman–Crippen MR) is 80.2 cm³/mol. The lowest BCUT2D eigenvalue weighted by Gasteiger charge is -2.17. The minimum absolute atomic E-state index is 0.0100. The van der Waals surface area contributed by atoms with E-state index in [1.807, 2.05) is 12.3 Å². The Morgan fingerprint density at radius 3 is 2.95 bits per heavy atom. The molecule has 1 aromatic rings. The van der Waals surface area contributed by atoms with Gasteiger partial charge >= 0.3 is 0 Å². The summed E-state index contributed by atoms with van der Waals surface area (Å²) in [7, 11) is 0. The summed E-state index contributed by atoms with van der Waals surface area (Å²) in [5, 5.41) is 3.05. The molecule has 106 valence electrons. The standard InChI is InChI=1S/C14H22BrN3O/c1-2-3-4-11(8-16)17-14(19)13-7-10(15)9-18(13)12-5-6-12/h7,9,11-12H,2-6,8,16H2,1H3,(H,17,19). The van der Waals surface area contributed by atoms with Gasteiger partial charge in [-0.3, -0.25) is 4.79 Å². The van der Waals surface area contributed by atoms with Crippen LogP contribution in [0.1, 0.15) is 55.6 Å². The van der Waals surface area contributed by atoms with Crippen molar-refractivity contribution in [2.24, 2.45) is 5.73 Å². The monoisotopic (exact) mass is 327 g/mol. The first-order valence-electron chi connectivity index (χ1n) is 7.04. The van der Waals surface area contributed by atoms with Crippen molar-refractivity contribution in [2.45, 2.75) is 51.1 Å². The van der Waals surface area contributed by atoms with E-state index in [-0.39, 0.29) is 11.9 Å². The van der Waals surface area contributed by atoms with Crippen molar-refractivity contribution in [2.75, 3.05) is 6.54 Å².